The second-order valence-corrected chi connectivity index (χ2v) is 28.9. The Balaban J connectivity index is 3.33. The molecule has 0 radical (unpaired) electrons. The molecule has 0 aliphatic rings. The van der Waals surface area contributed by atoms with Crippen molar-refractivity contribution < 1.29 is 171 Å². The van der Waals surface area contributed by atoms with Gasteiger partial charge in [-0.2, -0.15) is 0 Å². The van der Waals surface area contributed by atoms with E-state index in [-0.39, 0.29) is 77.6 Å². The molecule has 0 atom stereocenters. The van der Waals surface area contributed by atoms with Crippen molar-refractivity contribution in [2.24, 2.45) is 32.5 Å². The van der Waals surface area contributed by atoms with Gasteiger partial charge in [0.15, 0.2) is 22.4 Å². The highest BCUT2D eigenvalue weighted by Gasteiger charge is 2.45. The summed E-state index contributed by atoms with van der Waals surface area (Å²) in [4.78, 5) is 100. The molecule has 0 saturated carbocycles. The summed E-state index contributed by atoms with van der Waals surface area (Å²) < 4.78 is 152. The van der Waals surface area contributed by atoms with E-state index < -0.39 is 68.3 Å². The number of ether oxygens (including phenoxy) is 28. The molecule has 0 N–H and O–H groups in total. The Labute approximate surface area is 675 Å². The maximum atomic E-state index is 12.6. The summed E-state index contributed by atoms with van der Waals surface area (Å²) in [6.07, 6.45) is 0. The van der Waals surface area contributed by atoms with Gasteiger partial charge < -0.3 is 133 Å². The topological polar surface area (TPSA) is 395 Å². The van der Waals surface area contributed by atoms with Crippen LogP contribution in [0.4, 0.5) is 0 Å². The molecule has 0 aliphatic carbocycles. The third-order valence-corrected chi connectivity index (χ3v) is 15.4. The molecular weight excluding hydrogens is 1510 g/mol. The summed E-state index contributed by atoms with van der Waals surface area (Å²) in [5, 5.41) is 0. The molecule has 36 heteroatoms. The first kappa shape index (κ1) is 109. The first-order valence-corrected chi connectivity index (χ1v) is 39.3. The lowest BCUT2D eigenvalue weighted by Gasteiger charge is -2.28. The van der Waals surface area contributed by atoms with Crippen molar-refractivity contribution in [1.29, 1.82) is 0 Å². The van der Waals surface area contributed by atoms with Crippen LogP contribution in [0.2, 0.25) is 0 Å². The van der Waals surface area contributed by atoms with Crippen molar-refractivity contribution >= 4 is 47.4 Å². The maximum absolute atomic E-state index is 12.6. The number of carbonyl (C=O) groups is 8. The summed E-state index contributed by atoms with van der Waals surface area (Å²) in [7, 11) is 0. The fraction of sp³-hybridized carbons (Fsp3) is 0.897. The van der Waals surface area contributed by atoms with Gasteiger partial charge in [-0.1, -0.05) is 41.5 Å². The van der Waals surface area contributed by atoms with Crippen molar-refractivity contribution in [3.8, 4) is 0 Å². The normalized spacial score (nSPS) is 12.3. The number of esters is 6. The van der Waals surface area contributed by atoms with Gasteiger partial charge in [-0.25, -0.2) is 0 Å². The summed E-state index contributed by atoms with van der Waals surface area (Å²) >= 11 is 0. The van der Waals surface area contributed by atoms with Gasteiger partial charge in [-0.3, -0.25) is 38.4 Å². The van der Waals surface area contributed by atoms with Crippen LogP contribution in [0.3, 0.4) is 0 Å². The molecule has 0 amide bonds. The van der Waals surface area contributed by atoms with Crippen LogP contribution in [-0.4, -0.2) is 378 Å². The molecule has 0 rings (SSSR count). The highest BCUT2D eigenvalue weighted by molar-refractivity contribution is 6.06. The molecule has 114 heavy (non-hydrogen) atoms. The number of hydrogen-bond donors (Lipinski definition) is 0. The van der Waals surface area contributed by atoms with Crippen molar-refractivity contribution in [1.82, 2.24) is 0 Å². The summed E-state index contributed by atoms with van der Waals surface area (Å²) in [6.45, 7) is 38.3. The van der Waals surface area contributed by atoms with Crippen LogP contribution in [0, 0.1) is 32.5 Å². The minimum atomic E-state index is -1.60. The first-order chi connectivity index (χ1) is 54.5. The highest BCUT2D eigenvalue weighted by atomic mass is 16.6. The molecule has 0 aromatic heterocycles. The van der Waals surface area contributed by atoms with Gasteiger partial charge in [0, 0.05) is 10.8 Å². The van der Waals surface area contributed by atoms with E-state index in [2.05, 4.69) is 0 Å². The van der Waals surface area contributed by atoms with E-state index in [1.807, 2.05) is 0 Å². The standard InChI is InChI=1S/C78H142O36/c1-73(2,3)65(79)75(7,8)67(81)111-61-63-113-71(85)77(11,12)69(83)109-59-57-107-55-53-105-51-49-103-47-45-101-43-41-99-39-37-97-35-33-95-31-29-93-27-25-91-23-21-89-19-17-87-15-16-88-18-20-90-22-24-92-26-28-94-30-32-96-34-36-98-38-40-100-42-44-102-46-48-104-50-52-106-54-56-108-58-60-110-70(84)78(13,14)72(86)114-64-62-112-68(82)76(9,10)66(80)74(4,5)6/h15-64H2,1-14H3. The molecule has 0 unspecified atom stereocenters. The summed E-state index contributed by atoms with van der Waals surface area (Å²) in [5.74, 6) is -5.31. The van der Waals surface area contributed by atoms with E-state index >= 15 is 0 Å². The monoisotopic (exact) mass is 1650 g/mol. The third-order valence-electron chi connectivity index (χ3n) is 15.4. The minimum Gasteiger partial charge on any atom is -0.462 e. The second kappa shape index (κ2) is 70.2. The van der Waals surface area contributed by atoms with E-state index in [9.17, 15) is 38.4 Å². The highest BCUT2D eigenvalue weighted by Crippen LogP contribution is 2.32. The van der Waals surface area contributed by atoms with Crippen LogP contribution in [-0.2, 0) is 171 Å². The molecular formula is C78H142O36. The van der Waals surface area contributed by atoms with Crippen LogP contribution >= 0.6 is 0 Å². The zero-order valence-corrected chi connectivity index (χ0v) is 71.1. The molecule has 670 valence electrons. The molecule has 0 heterocycles. The van der Waals surface area contributed by atoms with Gasteiger partial charge in [0.2, 0.25) is 0 Å². The first-order valence-electron chi connectivity index (χ1n) is 39.3. The Bertz CT molecular complexity index is 2250. The molecule has 0 aromatic rings. The Kier molecular flexibility index (Phi) is 67.2. The van der Waals surface area contributed by atoms with Gasteiger partial charge in [0.1, 0.15) is 50.5 Å². The Morgan fingerprint density at radius 3 is 0.307 bits per heavy atom. The van der Waals surface area contributed by atoms with Crippen LogP contribution < -0.4 is 0 Å². The summed E-state index contributed by atoms with van der Waals surface area (Å²) in [6, 6.07) is 0. The predicted molar refractivity (Wildman–Crippen MR) is 408 cm³/mol. The van der Waals surface area contributed by atoms with Crippen LogP contribution in [0.25, 0.3) is 0 Å². The van der Waals surface area contributed by atoms with Crippen molar-refractivity contribution in [3.63, 3.8) is 0 Å². The molecule has 0 spiro atoms. The summed E-state index contributed by atoms with van der Waals surface area (Å²) in [5.41, 5.74) is -7.42. The zero-order valence-electron chi connectivity index (χ0n) is 71.1. The average molecular weight is 1660 g/mol. The number of ketones is 2. The quantitative estimate of drug-likeness (QED) is 0.0360. The van der Waals surface area contributed by atoms with Crippen LogP contribution in [0.5, 0.6) is 0 Å². The number of hydrogen-bond acceptors (Lipinski definition) is 36. The van der Waals surface area contributed by atoms with E-state index in [1.54, 1.807) is 41.5 Å². The minimum absolute atomic E-state index is 0.0795. The van der Waals surface area contributed by atoms with Gasteiger partial charge in [0.05, 0.1) is 291 Å². The van der Waals surface area contributed by atoms with Gasteiger partial charge in [-0.05, 0) is 55.4 Å². The van der Waals surface area contributed by atoms with E-state index in [0.29, 0.717) is 264 Å². The fourth-order valence-electron chi connectivity index (χ4n) is 8.95. The molecule has 0 aliphatic heterocycles. The molecule has 0 fully saturated rings. The van der Waals surface area contributed by atoms with Gasteiger partial charge in [0.25, 0.3) is 0 Å². The molecule has 36 nitrogen and oxygen atoms in total. The average Bonchev–Trinajstić information content (AvgIpc) is 0.850. The van der Waals surface area contributed by atoms with E-state index in [0.717, 1.165) is 0 Å². The third kappa shape index (κ3) is 59.9. The lowest BCUT2D eigenvalue weighted by molar-refractivity contribution is -0.174. The Morgan fingerprint density at radius 2 is 0.211 bits per heavy atom. The maximum Gasteiger partial charge on any atom is 0.323 e. The lowest BCUT2D eigenvalue weighted by atomic mass is 9.75. The lowest BCUT2D eigenvalue weighted by Crippen LogP contribution is -2.42. The van der Waals surface area contributed by atoms with Gasteiger partial charge in [-0.15, -0.1) is 0 Å². The van der Waals surface area contributed by atoms with Crippen LogP contribution in [0.1, 0.15) is 96.9 Å². The van der Waals surface area contributed by atoms with Crippen LogP contribution in [0.15, 0.2) is 0 Å². The Morgan fingerprint density at radius 1 is 0.132 bits per heavy atom. The smallest absolute Gasteiger partial charge is 0.323 e. The van der Waals surface area contributed by atoms with Crippen molar-refractivity contribution in [2.45, 2.75) is 96.9 Å². The Hall–Kier alpha value is -4.72. The SMILES string of the molecule is CC(C)(C)C(=O)C(C)(C)C(=O)OCCOC(=O)C(C)(C)C(=O)OCCOCCOCCOCCOCCOCCOCCOCCOCCOCCOCCOCCOCCOCCOCCOCCOCCOCCOCCOCCOCCOCCOCCOC(=O)C(C)(C)C(=O)OCCOC(=O)C(C)(C)C(=O)C(C)(C)C. The molecule has 0 aromatic carbocycles. The predicted octanol–water partition coefficient (Wildman–Crippen LogP) is 3.95. The van der Waals surface area contributed by atoms with E-state index in [4.69, 9.17) is 133 Å². The second-order valence-electron chi connectivity index (χ2n) is 28.9. The largest absolute Gasteiger partial charge is 0.462 e. The molecule has 0 bridgehead atoms. The molecule has 0 saturated heterocycles. The number of Topliss-reactive ketones (excluding diaryl/α,β-unsaturated/α-hetero) is 2. The van der Waals surface area contributed by atoms with Gasteiger partial charge >= 0.3 is 35.8 Å². The fourth-order valence-corrected chi connectivity index (χ4v) is 8.95. The number of rotatable bonds is 83. The number of carbonyl (C=O) groups excluding carboxylic acids is 8. The van der Waals surface area contributed by atoms with Crippen molar-refractivity contribution in [3.05, 3.63) is 0 Å². The van der Waals surface area contributed by atoms with E-state index in [1.165, 1.54) is 55.4 Å². The van der Waals surface area contributed by atoms with Crippen molar-refractivity contribution in [2.75, 3.05) is 330 Å². The zero-order chi connectivity index (χ0) is 84.8.